The van der Waals surface area contributed by atoms with Gasteiger partial charge in [0, 0.05) is 24.5 Å². The van der Waals surface area contributed by atoms with Crippen LogP contribution in [0.3, 0.4) is 0 Å². The molecule has 0 bridgehead atoms. The number of imidazole rings is 1. The van der Waals surface area contributed by atoms with Gasteiger partial charge in [0.15, 0.2) is 0 Å². The van der Waals surface area contributed by atoms with E-state index in [0.29, 0.717) is 16.4 Å². The summed E-state index contributed by atoms with van der Waals surface area (Å²) in [5.41, 5.74) is -0.348. The summed E-state index contributed by atoms with van der Waals surface area (Å²) >= 11 is 5.90. The minimum atomic E-state index is -4.55. The lowest BCUT2D eigenvalue weighted by atomic mass is 10.1. The van der Waals surface area contributed by atoms with Crippen LogP contribution < -0.4 is 4.72 Å². The molecule has 148 valence electrons. The summed E-state index contributed by atoms with van der Waals surface area (Å²) in [6, 6.07) is 8.96. The van der Waals surface area contributed by atoms with Gasteiger partial charge >= 0.3 is 6.18 Å². The zero-order chi connectivity index (χ0) is 20.5. The summed E-state index contributed by atoms with van der Waals surface area (Å²) in [6.07, 6.45) is -1.37. The molecule has 0 amide bonds. The first-order valence-corrected chi connectivity index (χ1v) is 9.86. The van der Waals surface area contributed by atoms with Crippen LogP contribution in [0, 0.1) is 0 Å². The van der Waals surface area contributed by atoms with Gasteiger partial charge in [-0.05, 0) is 42.0 Å². The van der Waals surface area contributed by atoms with Gasteiger partial charge in [0.25, 0.3) is 0 Å². The van der Waals surface area contributed by atoms with Gasteiger partial charge in [-0.25, -0.2) is 13.4 Å². The Morgan fingerprint density at radius 2 is 1.68 bits per heavy atom. The maximum Gasteiger partial charge on any atom is 0.416 e. The maximum absolute atomic E-state index is 12.8. The Kier molecular flexibility index (Phi) is 5.51. The Morgan fingerprint density at radius 3 is 2.18 bits per heavy atom. The molecule has 0 fully saturated rings. The fraction of sp³-hybridized carbons (Fsp3) is 0.167. The number of benzene rings is 2. The number of sulfonamides is 1. The van der Waals surface area contributed by atoms with Crippen LogP contribution in [-0.4, -0.2) is 18.0 Å². The van der Waals surface area contributed by atoms with Gasteiger partial charge in [0.2, 0.25) is 10.0 Å². The van der Waals surface area contributed by atoms with Crippen molar-refractivity contribution in [3.05, 3.63) is 82.9 Å². The molecule has 1 unspecified atom stereocenters. The van der Waals surface area contributed by atoms with Gasteiger partial charge in [0.05, 0.1) is 10.5 Å². The van der Waals surface area contributed by atoms with Crippen molar-refractivity contribution in [2.24, 2.45) is 7.05 Å². The van der Waals surface area contributed by atoms with Gasteiger partial charge in [-0.3, -0.25) is 0 Å². The number of aromatic nitrogens is 2. The molecule has 1 atom stereocenters. The minimum Gasteiger partial charge on any atom is -0.336 e. The molecule has 0 aliphatic rings. The quantitative estimate of drug-likeness (QED) is 0.662. The predicted octanol–water partition coefficient (Wildman–Crippen LogP) is 4.16. The molecule has 1 aromatic heterocycles. The average molecular weight is 430 g/mol. The Labute approximate surface area is 164 Å². The van der Waals surface area contributed by atoms with E-state index < -0.39 is 27.8 Å². The first-order valence-electron chi connectivity index (χ1n) is 8.00. The molecule has 0 saturated heterocycles. The molecule has 0 aliphatic carbocycles. The van der Waals surface area contributed by atoms with Crippen molar-refractivity contribution in [1.82, 2.24) is 14.3 Å². The number of aryl methyl sites for hydroxylation is 1. The third kappa shape index (κ3) is 4.37. The number of hydrogen-bond acceptors (Lipinski definition) is 3. The standard InChI is InChI=1S/C18H15ClF3N3O2S/c1-25-11-10-23-17(25)16(12-2-6-14(19)7-3-12)24-28(26,27)15-8-4-13(5-9-15)18(20,21)22/h2-11,16,24H,1H3. The van der Waals surface area contributed by atoms with E-state index >= 15 is 0 Å². The first-order chi connectivity index (χ1) is 13.1. The van der Waals surface area contributed by atoms with Gasteiger partial charge in [-0.15, -0.1) is 0 Å². The van der Waals surface area contributed by atoms with Crippen LogP contribution in [0.4, 0.5) is 13.2 Å². The van der Waals surface area contributed by atoms with Crippen LogP contribution in [0.5, 0.6) is 0 Å². The second kappa shape index (κ2) is 7.57. The maximum atomic E-state index is 12.8. The van der Waals surface area contributed by atoms with E-state index in [0.717, 1.165) is 24.3 Å². The lowest BCUT2D eigenvalue weighted by Crippen LogP contribution is -2.31. The third-order valence-corrected chi connectivity index (χ3v) is 5.78. The van der Waals surface area contributed by atoms with Crippen molar-refractivity contribution in [1.29, 1.82) is 0 Å². The predicted molar refractivity (Wildman–Crippen MR) is 98.3 cm³/mol. The van der Waals surface area contributed by atoms with Crippen molar-refractivity contribution in [3.8, 4) is 0 Å². The van der Waals surface area contributed by atoms with E-state index in [1.807, 2.05) is 0 Å². The second-order valence-electron chi connectivity index (χ2n) is 6.02. The fourth-order valence-electron chi connectivity index (χ4n) is 2.63. The van der Waals surface area contributed by atoms with E-state index in [1.165, 1.54) is 6.20 Å². The third-order valence-electron chi connectivity index (χ3n) is 4.08. The number of nitrogens with one attached hydrogen (secondary N) is 1. The molecule has 0 radical (unpaired) electrons. The van der Waals surface area contributed by atoms with Gasteiger partial charge in [0.1, 0.15) is 11.9 Å². The summed E-state index contributed by atoms with van der Waals surface area (Å²) in [4.78, 5) is 3.91. The Hall–Kier alpha value is -2.36. The molecule has 0 saturated carbocycles. The van der Waals surface area contributed by atoms with Crippen LogP contribution in [0.25, 0.3) is 0 Å². The minimum absolute atomic E-state index is 0.284. The fourth-order valence-corrected chi connectivity index (χ4v) is 3.93. The van der Waals surface area contributed by atoms with Crippen LogP contribution in [0.1, 0.15) is 23.0 Å². The Bertz CT molecular complexity index is 1060. The Morgan fingerprint density at radius 1 is 1.07 bits per heavy atom. The van der Waals surface area contributed by atoms with Crippen molar-refractivity contribution in [2.75, 3.05) is 0 Å². The monoisotopic (exact) mass is 429 g/mol. The number of nitrogens with zero attached hydrogens (tertiary/aromatic N) is 2. The van der Waals surface area contributed by atoms with Crippen LogP contribution >= 0.6 is 11.6 Å². The molecule has 10 heteroatoms. The van der Waals surface area contributed by atoms with Crippen molar-refractivity contribution < 1.29 is 21.6 Å². The molecule has 2 aromatic carbocycles. The lowest BCUT2D eigenvalue weighted by Gasteiger charge is -2.19. The highest BCUT2D eigenvalue weighted by atomic mass is 35.5. The molecular weight excluding hydrogens is 415 g/mol. The van der Waals surface area contributed by atoms with E-state index in [9.17, 15) is 21.6 Å². The molecule has 0 aliphatic heterocycles. The first kappa shape index (κ1) is 20.4. The molecule has 3 aromatic rings. The van der Waals surface area contributed by atoms with Crippen LogP contribution in [0.15, 0.2) is 65.8 Å². The van der Waals surface area contributed by atoms with E-state index in [-0.39, 0.29) is 4.90 Å². The molecule has 28 heavy (non-hydrogen) atoms. The molecule has 5 nitrogen and oxygen atoms in total. The average Bonchev–Trinajstić information content (AvgIpc) is 3.06. The molecule has 1 heterocycles. The summed E-state index contributed by atoms with van der Waals surface area (Å²) < 4.78 is 67.9. The second-order valence-corrected chi connectivity index (χ2v) is 8.17. The molecule has 0 spiro atoms. The number of hydrogen-bond donors (Lipinski definition) is 1. The van der Waals surface area contributed by atoms with Crippen molar-refractivity contribution in [2.45, 2.75) is 17.1 Å². The normalized spacial score (nSPS) is 13.5. The zero-order valence-corrected chi connectivity index (χ0v) is 16.1. The van der Waals surface area contributed by atoms with Gasteiger partial charge < -0.3 is 4.57 Å². The highest BCUT2D eigenvalue weighted by molar-refractivity contribution is 7.89. The highest BCUT2D eigenvalue weighted by Gasteiger charge is 2.31. The number of rotatable bonds is 5. The lowest BCUT2D eigenvalue weighted by molar-refractivity contribution is -0.137. The van der Waals surface area contributed by atoms with Gasteiger partial charge in [-0.2, -0.15) is 17.9 Å². The molecular formula is C18H15ClF3N3O2S. The van der Waals surface area contributed by atoms with E-state index in [1.54, 1.807) is 42.1 Å². The van der Waals surface area contributed by atoms with E-state index in [2.05, 4.69) is 9.71 Å². The SMILES string of the molecule is Cn1ccnc1C(NS(=O)(=O)c1ccc(C(F)(F)F)cc1)c1ccc(Cl)cc1. The summed E-state index contributed by atoms with van der Waals surface area (Å²) in [7, 11) is -2.42. The van der Waals surface area contributed by atoms with Crippen LogP contribution in [0.2, 0.25) is 5.02 Å². The summed E-state index contributed by atoms with van der Waals surface area (Å²) in [6.45, 7) is 0. The molecule has 1 N–H and O–H groups in total. The highest BCUT2D eigenvalue weighted by Crippen LogP contribution is 2.30. The number of halogens is 4. The van der Waals surface area contributed by atoms with Crippen molar-refractivity contribution >= 4 is 21.6 Å². The van der Waals surface area contributed by atoms with Gasteiger partial charge in [-0.1, -0.05) is 23.7 Å². The summed E-state index contributed by atoms with van der Waals surface area (Å²) in [5.74, 6) is 0.415. The summed E-state index contributed by atoms with van der Waals surface area (Å²) in [5, 5.41) is 0.480. The zero-order valence-electron chi connectivity index (χ0n) is 14.5. The topological polar surface area (TPSA) is 64.0 Å². The number of alkyl halides is 3. The smallest absolute Gasteiger partial charge is 0.336 e. The Balaban J connectivity index is 1.98. The van der Waals surface area contributed by atoms with Crippen LogP contribution in [-0.2, 0) is 23.2 Å². The van der Waals surface area contributed by atoms with Crippen molar-refractivity contribution in [3.63, 3.8) is 0 Å². The van der Waals surface area contributed by atoms with E-state index in [4.69, 9.17) is 11.6 Å². The largest absolute Gasteiger partial charge is 0.416 e. The molecule has 3 rings (SSSR count).